The third-order valence-corrected chi connectivity index (χ3v) is 6.43. The Morgan fingerprint density at radius 1 is 0.824 bits per heavy atom. The van der Waals surface area contributed by atoms with Crippen molar-refractivity contribution in [2.75, 3.05) is 44.6 Å². The van der Waals surface area contributed by atoms with Gasteiger partial charge in [0.05, 0.1) is 0 Å². The van der Waals surface area contributed by atoms with E-state index in [4.69, 9.17) is 0 Å². The van der Waals surface area contributed by atoms with Crippen LogP contribution in [0.5, 0.6) is 0 Å². The zero-order valence-corrected chi connectivity index (χ0v) is 19.4. The van der Waals surface area contributed by atoms with Crippen LogP contribution in [-0.2, 0) is 17.8 Å². The average molecular weight is 458 g/mol. The molecule has 0 atom stereocenters. The van der Waals surface area contributed by atoms with Gasteiger partial charge >= 0.3 is 0 Å². The van der Waals surface area contributed by atoms with E-state index in [1.165, 1.54) is 11.1 Å². The summed E-state index contributed by atoms with van der Waals surface area (Å²) in [5.41, 5.74) is 4.38. The normalized spacial score (nSPS) is 21.5. The van der Waals surface area contributed by atoms with Crippen molar-refractivity contribution >= 4 is 17.5 Å². The number of hydrogen-bond donors (Lipinski definition) is 2. The number of hydrogen-bond acceptors (Lipinski definition) is 7. The van der Waals surface area contributed by atoms with E-state index in [2.05, 4.69) is 65.7 Å². The number of carbonyl (C=O) groups is 1. The van der Waals surface area contributed by atoms with Crippen LogP contribution < -0.4 is 10.6 Å². The highest BCUT2D eigenvalue weighted by atomic mass is 16.1. The number of piperazine rings is 1. The third-order valence-electron chi connectivity index (χ3n) is 6.43. The SMILES string of the molecule is O=C1CCN2CCN(CC2)Cc2cccc(c2)Nc2ncnc(n2)-c2cccc(c2)CCCN1. The predicted octanol–water partition coefficient (Wildman–Crippen LogP) is 2.85. The van der Waals surface area contributed by atoms with E-state index in [0.29, 0.717) is 24.7 Å². The standard InChI is InChI=1S/C26H31N7O/c34-24-9-11-32-12-14-33(15-13-32)18-21-5-2-8-23(17-21)30-26-29-19-28-25(31-26)22-7-1-4-20(16-22)6-3-10-27-24/h1-2,4-5,7-8,16-17,19H,3,6,9-15,18H2,(H,27,34)(H,28,29,30,31). The van der Waals surface area contributed by atoms with Crippen LogP contribution in [0.25, 0.3) is 11.4 Å². The van der Waals surface area contributed by atoms with Crippen LogP contribution in [0.4, 0.5) is 11.6 Å². The zero-order valence-electron chi connectivity index (χ0n) is 19.4. The molecule has 8 heteroatoms. The maximum absolute atomic E-state index is 12.3. The van der Waals surface area contributed by atoms with E-state index < -0.39 is 0 Å². The molecule has 1 amide bonds. The highest BCUT2D eigenvalue weighted by Crippen LogP contribution is 2.21. The summed E-state index contributed by atoms with van der Waals surface area (Å²) in [6, 6.07) is 16.7. The fraction of sp³-hybridized carbons (Fsp3) is 0.385. The maximum Gasteiger partial charge on any atom is 0.230 e. The van der Waals surface area contributed by atoms with Crippen LogP contribution in [0.2, 0.25) is 0 Å². The maximum atomic E-state index is 12.3. The monoisotopic (exact) mass is 457 g/mol. The Morgan fingerprint density at radius 3 is 2.56 bits per heavy atom. The highest BCUT2D eigenvalue weighted by molar-refractivity contribution is 5.76. The molecule has 0 unspecified atom stereocenters. The molecule has 1 aromatic heterocycles. The molecule has 34 heavy (non-hydrogen) atoms. The van der Waals surface area contributed by atoms with Gasteiger partial charge < -0.3 is 15.5 Å². The minimum atomic E-state index is 0.139. The summed E-state index contributed by atoms with van der Waals surface area (Å²) in [6.45, 7) is 6.42. The summed E-state index contributed by atoms with van der Waals surface area (Å²) >= 11 is 0. The number of fused-ring (bicyclic) bond motifs is 8. The molecule has 8 bridgehead atoms. The smallest absolute Gasteiger partial charge is 0.230 e. The van der Waals surface area contributed by atoms with E-state index in [1.807, 2.05) is 18.2 Å². The van der Waals surface area contributed by atoms with Gasteiger partial charge in [-0.05, 0) is 42.2 Å². The number of nitrogens with zero attached hydrogens (tertiary/aromatic N) is 5. The number of benzene rings is 2. The minimum Gasteiger partial charge on any atom is -0.356 e. The van der Waals surface area contributed by atoms with E-state index in [0.717, 1.165) is 63.4 Å². The van der Waals surface area contributed by atoms with E-state index >= 15 is 0 Å². The van der Waals surface area contributed by atoms with Gasteiger partial charge in [0.15, 0.2) is 5.82 Å². The Bertz CT molecular complexity index is 1130. The Balaban J connectivity index is 1.38. The van der Waals surface area contributed by atoms with E-state index in [1.54, 1.807) is 6.33 Å². The Labute approximate surface area is 200 Å². The summed E-state index contributed by atoms with van der Waals surface area (Å²) in [5.74, 6) is 1.31. The third kappa shape index (κ3) is 5.95. The molecule has 4 heterocycles. The number of carbonyl (C=O) groups excluding carboxylic acids is 1. The lowest BCUT2D eigenvalue weighted by Crippen LogP contribution is -2.46. The molecule has 3 aliphatic heterocycles. The van der Waals surface area contributed by atoms with Crippen molar-refractivity contribution < 1.29 is 4.79 Å². The summed E-state index contributed by atoms with van der Waals surface area (Å²) in [5, 5.41) is 6.42. The number of anilines is 2. The van der Waals surface area contributed by atoms with Crippen LogP contribution in [0.1, 0.15) is 24.0 Å². The molecule has 1 saturated heterocycles. The number of rotatable bonds is 0. The fourth-order valence-corrected chi connectivity index (χ4v) is 4.54. The first-order chi connectivity index (χ1) is 16.7. The molecule has 0 radical (unpaired) electrons. The molecule has 8 nitrogen and oxygen atoms in total. The lowest BCUT2D eigenvalue weighted by Gasteiger charge is -2.34. The van der Waals surface area contributed by atoms with Gasteiger partial charge in [-0.2, -0.15) is 4.98 Å². The molecule has 176 valence electrons. The van der Waals surface area contributed by atoms with Gasteiger partial charge in [0, 0.05) is 63.5 Å². The molecule has 3 aromatic rings. The van der Waals surface area contributed by atoms with Crippen LogP contribution in [0.15, 0.2) is 54.9 Å². The van der Waals surface area contributed by atoms with Crippen LogP contribution in [0, 0.1) is 0 Å². The van der Waals surface area contributed by atoms with Gasteiger partial charge in [0.2, 0.25) is 11.9 Å². The van der Waals surface area contributed by atoms with Crippen molar-refractivity contribution in [2.24, 2.45) is 0 Å². The largest absolute Gasteiger partial charge is 0.356 e. The molecule has 0 aliphatic carbocycles. The van der Waals surface area contributed by atoms with Gasteiger partial charge in [-0.15, -0.1) is 0 Å². The molecular formula is C26H31N7O. The minimum absolute atomic E-state index is 0.139. The Kier molecular flexibility index (Phi) is 7.07. The van der Waals surface area contributed by atoms with Crippen molar-refractivity contribution in [3.63, 3.8) is 0 Å². The molecule has 3 aliphatic rings. The first-order valence-electron chi connectivity index (χ1n) is 12.1. The van der Waals surface area contributed by atoms with Gasteiger partial charge in [0.25, 0.3) is 0 Å². The average Bonchev–Trinajstić information content (AvgIpc) is 2.86. The second kappa shape index (κ2) is 10.7. The van der Waals surface area contributed by atoms with Crippen molar-refractivity contribution in [1.29, 1.82) is 0 Å². The molecule has 1 fully saturated rings. The van der Waals surface area contributed by atoms with Crippen molar-refractivity contribution in [2.45, 2.75) is 25.8 Å². The Hall–Kier alpha value is -3.36. The number of amides is 1. The Morgan fingerprint density at radius 2 is 1.65 bits per heavy atom. The number of aryl methyl sites for hydroxylation is 1. The molecule has 6 rings (SSSR count). The van der Waals surface area contributed by atoms with Crippen molar-refractivity contribution in [3.8, 4) is 11.4 Å². The molecule has 2 N–H and O–H groups in total. The lowest BCUT2D eigenvalue weighted by molar-refractivity contribution is -0.121. The summed E-state index contributed by atoms with van der Waals surface area (Å²) in [7, 11) is 0. The first kappa shape index (κ1) is 22.4. The lowest BCUT2D eigenvalue weighted by atomic mass is 10.1. The predicted molar refractivity (Wildman–Crippen MR) is 133 cm³/mol. The molecule has 0 spiro atoms. The number of nitrogens with one attached hydrogen (secondary N) is 2. The van der Waals surface area contributed by atoms with E-state index in [-0.39, 0.29) is 5.91 Å². The topological polar surface area (TPSA) is 86.3 Å². The summed E-state index contributed by atoms with van der Waals surface area (Å²) < 4.78 is 0. The second-order valence-corrected chi connectivity index (χ2v) is 8.98. The van der Waals surface area contributed by atoms with Crippen molar-refractivity contribution in [1.82, 2.24) is 30.1 Å². The molecular weight excluding hydrogens is 426 g/mol. The van der Waals surface area contributed by atoms with Gasteiger partial charge in [0.1, 0.15) is 6.33 Å². The summed E-state index contributed by atoms with van der Waals surface area (Å²) in [4.78, 5) is 30.5. The van der Waals surface area contributed by atoms with Crippen LogP contribution in [0.3, 0.4) is 0 Å². The second-order valence-electron chi connectivity index (χ2n) is 8.98. The molecule has 2 aromatic carbocycles. The van der Waals surface area contributed by atoms with Crippen molar-refractivity contribution in [3.05, 3.63) is 66.0 Å². The van der Waals surface area contributed by atoms with Crippen LogP contribution >= 0.6 is 0 Å². The summed E-state index contributed by atoms with van der Waals surface area (Å²) in [6.07, 6.45) is 3.90. The van der Waals surface area contributed by atoms with Crippen LogP contribution in [-0.4, -0.2) is 69.9 Å². The van der Waals surface area contributed by atoms with E-state index in [9.17, 15) is 4.79 Å². The zero-order chi connectivity index (χ0) is 23.2. The molecule has 0 saturated carbocycles. The first-order valence-corrected chi connectivity index (χ1v) is 12.1. The number of aromatic nitrogens is 3. The fourth-order valence-electron chi connectivity index (χ4n) is 4.54. The van der Waals surface area contributed by atoms with Gasteiger partial charge in [-0.1, -0.05) is 30.3 Å². The van der Waals surface area contributed by atoms with Gasteiger partial charge in [-0.25, -0.2) is 9.97 Å². The highest BCUT2D eigenvalue weighted by Gasteiger charge is 2.18. The van der Waals surface area contributed by atoms with Gasteiger partial charge in [-0.3, -0.25) is 9.69 Å². The quantitative estimate of drug-likeness (QED) is 0.537.